The first-order chi connectivity index (χ1) is 15.6. The van der Waals surface area contributed by atoms with Crippen molar-refractivity contribution < 1.29 is 4.79 Å². The summed E-state index contributed by atoms with van der Waals surface area (Å²) in [6.45, 7) is 2.83. The molecule has 0 saturated heterocycles. The number of urea groups is 1. The van der Waals surface area contributed by atoms with Gasteiger partial charge in [0.1, 0.15) is 5.69 Å². The summed E-state index contributed by atoms with van der Waals surface area (Å²) in [7, 11) is 1.95. The lowest BCUT2D eigenvalue weighted by atomic mass is 10.1. The van der Waals surface area contributed by atoms with Crippen LogP contribution in [-0.4, -0.2) is 27.1 Å². The number of nitrogens with one attached hydrogen (secondary N) is 3. The molecule has 0 aliphatic rings. The van der Waals surface area contributed by atoms with Crippen molar-refractivity contribution in [3.8, 4) is 11.3 Å². The molecule has 0 unspecified atom stereocenters. The fourth-order valence-corrected chi connectivity index (χ4v) is 3.98. The number of hydrogen-bond donors (Lipinski definition) is 3. The van der Waals surface area contributed by atoms with Crippen LogP contribution in [0, 0.1) is 0 Å². The number of unbranched alkanes of at least 4 members (excludes halogenated alkanes) is 4. The fraction of sp³-hybridized carbons (Fsp3) is 0.320. The molecular weight excluding hydrogens is 402 g/mol. The van der Waals surface area contributed by atoms with Gasteiger partial charge in [-0.15, -0.1) is 0 Å². The summed E-state index contributed by atoms with van der Waals surface area (Å²) in [5.74, 6) is 0. The van der Waals surface area contributed by atoms with E-state index in [0.29, 0.717) is 29.0 Å². The number of rotatable bonds is 8. The Kier molecular flexibility index (Phi) is 6.54. The molecule has 166 valence electrons. The van der Waals surface area contributed by atoms with Crippen LogP contribution in [0.15, 0.2) is 53.5 Å². The molecule has 2 amide bonds. The molecule has 4 rings (SSSR count). The zero-order chi connectivity index (χ0) is 22.5. The zero-order valence-electron chi connectivity index (χ0n) is 18.6. The molecule has 0 bridgehead atoms. The summed E-state index contributed by atoms with van der Waals surface area (Å²) in [5.41, 5.74) is 3.81. The average Bonchev–Trinajstić information content (AvgIpc) is 3.12. The van der Waals surface area contributed by atoms with Gasteiger partial charge in [0.2, 0.25) is 0 Å². The number of aromatic nitrogens is 3. The lowest BCUT2D eigenvalue weighted by Crippen LogP contribution is -2.29. The van der Waals surface area contributed by atoms with Gasteiger partial charge in [0, 0.05) is 41.9 Å². The van der Waals surface area contributed by atoms with Crippen LogP contribution in [0.25, 0.3) is 33.2 Å². The van der Waals surface area contributed by atoms with Gasteiger partial charge in [-0.2, -0.15) is 0 Å². The minimum atomic E-state index is -0.262. The van der Waals surface area contributed by atoms with Crippen molar-refractivity contribution in [3.63, 3.8) is 0 Å². The topological polar surface area (TPSA) is 91.8 Å². The molecule has 0 atom stereocenters. The van der Waals surface area contributed by atoms with Crippen molar-refractivity contribution in [2.75, 3.05) is 11.9 Å². The first-order valence-electron chi connectivity index (χ1n) is 11.2. The number of amides is 2. The number of para-hydroxylation sites is 1. The first kappa shape index (κ1) is 21.6. The molecule has 0 aliphatic carbocycles. The molecule has 32 heavy (non-hydrogen) atoms. The first-order valence-corrected chi connectivity index (χ1v) is 11.2. The summed E-state index contributed by atoms with van der Waals surface area (Å²) in [6.07, 6.45) is 7.66. The summed E-state index contributed by atoms with van der Waals surface area (Å²) in [4.78, 5) is 32.5. The van der Waals surface area contributed by atoms with E-state index in [4.69, 9.17) is 0 Å². The van der Waals surface area contributed by atoms with Crippen LogP contribution in [0.4, 0.5) is 10.5 Å². The Morgan fingerprint density at radius 2 is 1.91 bits per heavy atom. The predicted octanol–water partition coefficient (Wildman–Crippen LogP) is 5.17. The van der Waals surface area contributed by atoms with Gasteiger partial charge < -0.3 is 20.2 Å². The number of aromatic amines is 1. The minimum absolute atomic E-state index is 0.248. The van der Waals surface area contributed by atoms with Crippen molar-refractivity contribution >= 4 is 33.7 Å². The summed E-state index contributed by atoms with van der Waals surface area (Å²) < 4.78 is 1.99. The van der Waals surface area contributed by atoms with E-state index in [2.05, 4.69) is 27.5 Å². The van der Waals surface area contributed by atoms with Gasteiger partial charge in [0.25, 0.3) is 5.56 Å². The lowest BCUT2D eigenvalue weighted by molar-refractivity contribution is 0.252. The molecule has 7 heteroatoms. The zero-order valence-corrected chi connectivity index (χ0v) is 18.6. The van der Waals surface area contributed by atoms with Gasteiger partial charge in [-0.3, -0.25) is 4.79 Å². The lowest BCUT2D eigenvalue weighted by Gasteiger charge is -2.09. The normalized spacial score (nSPS) is 11.2. The Balaban J connectivity index is 1.50. The standard InChI is InChI=1S/C25H29N5O2/c1-3-4-5-6-9-14-26-25(32)27-17-12-13-20-21(15-17)29-24(31)23(28-20)19-16-30(2)22-11-8-7-10-18(19)22/h7-8,10-13,15-16H,3-6,9,14H2,1-2H3,(H,29,31)(H2,26,27,32). The molecule has 2 aromatic heterocycles. The number of carbonyl (C=O) groups excluding carboxylic acids is 1. The maximum absolute atomic E-state index is 12.8. The third kappa shape index (κ3) is 4.66. The molecule has 2 heterocycles. The van der Waals surface area contributed by atoms with Crippen LogP contribution in [0.2, 0.25) is 0 Å². The van der Waals surface area contributed by atoms with Crippen molar-refractivity contribution in [1.29, 1.82) is 0 Å². The Labute approximate surface area is 186 Å². The molecule has 0 radical (unpaired) electrons. The van der Waals surface area contributed by atoms with Gasteiger partial charge in [-0.1, -0.05) is 50.8 Å². The molecule has 0 spiro atoms. The number of hydrogen-bond acceptors (Lipinski definition) is 3. The molecule has 3 N–H and O–H groups in total. The monoisotopic (exact) mass is 431 g/mol. The van der Waals surface area contributed by atoms with Crippen molar-refractivity contribution in [2.24, 2.45) is 7.05 Å². The van der Waals surface area contributed by atoms with E-state index >= 15 is 0 Å². The van der Waals surface area contributed by atoms with Crippen molar-refractivity contribution in [1.82, 2.24) is 19.9 Å². The van der Waals surface area contributed by atoms with Gasteiger partial charge in [0.15, 0.2) is 0 Å². The van der Waals surface area contributed by atoms with E-state index in [1.165, 1.54) is 19.3 Å². The van der Waals surface area contributed by atoms with E-state index in [-0.39, 0.29) is 11.6 Å². The number of nitrogens with zero attached hydrogens (tertiary/aromatic N) is 2. The van der Waals surface area contributed by atoms with Crippen LogP contribution < -0.4 is 16.2 Å². The van der Waals surface area contributed by atoms with E-state index in [9.17, 15) is 9.59 Å². The Morgan fingerprint density at radius 1 is 1.09 bits per heavy atom. The van der Waals surface area contributed by atoms with E-state index in [0.717, 1.165) is 29.3 Å². The van der Waals surface area contributed by atoms with Gasteiger partial charge in [0.05, 0.1) is 11.0 Å². The highest BCUT2D eigenvalue weighted by molar-refractivity contribution is 5.96. The second-order valence-electron chi connectivity index (χ2n) is 8.11. The smallest absolute Gasteiger partial charge is 0.319 e. The van der Waals surface area contributed by atoms with Gasteiger partial charge in [-0.05, 0) is 30.7 Å². The number of fused-ring (bicyclic) bond motifs is 2. The number of H-pyrrole nitrogens is 1. The van der Waals surface area contributed by atoms with E-state index < -0.39 is 0 Å². The summed E-state index contributed by atoms with van der Waals surface area (Å²) in [6, 6.07) is 13.0. The Bertz CT molecular complexity index is 1300. The number of anilines is 1. The highest BCUT2D eigenvalue weighted by Crippen LogP contribution is 2.28. The van der Waals surface area contributed by atoms with Crippen molar-refractivity contribution in [2.45, 2.75) is 39.0 Å². The molecule has 0 aliphatic heterocycles. The number of carbonyl (C=O) groups is 1. The van der Waals surface area contributed by atoms with Crippen LogP contribution in [-0.2, 0) is 7.05 Å². The second-order valence-corrected chi connectivity index (χ2v) is 8.11. The maximum atomic E-state index is 12.8. The summed E-state index contributed by atoms with van der Waals surface area (Å²) in [5, 5.41) is 6.69. The molecule has 4 aromatic rings. The SMILES string of the molecule is CCCCCCCNC(=O)Nc1ccc2nc(-c3cn(C)c4ccccc34)c(=O)[nH]c2c1. The van der Waals surface area contributed by atoms with Crippen LogP contribution in [0.3, 0.4) is 0 Å². The van der Waals surface area contributed by atoms with Gasteiger partial charge in [-0.25, -0.2) is 9.78 Å². The number of aryl methyl sites for hydroxylation is 1. The Morgan fingerprint density at radius 3 is 2.75 bits per heavy atom. The fourth-order valence-electron chi connectivity index (χ4n) is 3.98. The third-order valence-electron chi connectivity index (χ3n) is 5.67. The van der Waals surface area contributed by atoms with Crippen molar-refractivity contribution in [3.05, 3.63) is 59.0 Å². The van der Waals surface area contributed by atoms with E-state index in [1.54, 1.807) is 18.2 Å². The molecular formula is C25H29N5O2. The minimum Gasteiger partial charge on any atom is -0.350 e. The molecule has 0 saturated carbocycles. The summed E-state index contributed by atoms with van der Waals surface area (Å²) >= 11 is 0. The highest BCUT2D eigenvalue weighted by Gasteiger charge is 2.14. The van der Waals surface area contributed by atoms with Crippen LogP contribution >= 0.6 is 0 Å². The predicted molar refractivity (Wildman–Crippen MR) is 130 cm³/mol. The van der Waals surface area contributed by atoms with Crippen LogP contribution in [0.1, 0.15) is 39.0 Å². The third-order valence-corrected chi connectivity index (χ3v) is 5.67. The highest BCUT2D eigenvalue weighted by atomic mass is 16.2. The number of benzene rings is 2. The largest absolute Gasteiger partial charge is 0.350 e. The Hall–Kier alpha value is -3.61. The van der Waals surface area contributed by atoms with E-state index in [1.807, 2.05) is 42.1 Å². The molecule has 2 aromatic carbocycles. The van der Waals surface area contributed by atoms with Gasteiger partial charge >= 0.3 is 6.03 Å². The average molecular weight is 432 g/mol. The molecule has 7 nitrogen and oxygen atoms in total. The van der Waals surface area contributed by atoms with Crippen LogP contribution in [0.5, 0.6) is 0 Å². The molecule has 0 fully saturated rings. The maximum Gasteiger partial charge on any atom is 0.319 e. The second kappa shape index (κ2) is 9.68. The quantitative estimate of drug-likeness (QED) is 0.336.